The Kier molecular flexibility index (Phi) is 2.26. The van der Waals surface area contributed by atoms with Crippen LogP contribution in [0.4, 0.5) is 0 Å². The molecule has 1 aromatic carbocycles. The number of rotatable bonds is 1. The highest BCUT2D eigenvalue weighted by Crippen LogP contribution is 2.22. The summed E-state index contributed by atoms with van der Waals surface area (Å²) in [4.78, 5) is 4.35. The lowest BCUT2D eigenvalue weighted by Gasteiger charge is -2.04. The summed E-state index contributed by atoms with van der Waals surface area (Å²) in [6.07, 6.45) is 0. The Balaban J connectivity index is 2.81. The van der Waals surface area contributed by atoms with Gasteiger partial charge in [-0.05, 0) is 31.2 Å². The number of benzene rings is 1. The third-order valence-electron chi connectivity index (χ3n) is 2.26. The molecule has 0 aliphatic rings. The lowest BCUT2D eigenvalue weighted by molar-refractivity contribution is 0.415. The van der Waals surface area contributed by atoms with Crippen molar-refractivity contribution in [3.8, 4) is 11.8 Å². The van der Waals surface area contributed by atoms with Crippen LogP contribution in [0.2, 0.25) is 0 Å². The van der Waals surface area contributed by atoms with Crippen LogP contribution in [0.1, 0.15) is 11.3 Å². The topological polar surface area (TPSA) is 45.9 Å². The normalized spacial score (nSPS) is 9.93. The minimum absolute atomic E-state index is 0.636. The maximum Gasteiger partial charge on any atom is 0.119 e. The number of nitrogens with zero attached hydrogens (tertiary/aromatic N) is 2. The number of aromatic nitrogens is 1. The van der Waals surface area contributed by atoms with E-state index < -0.39 is 0 Å². The van der Waals surface area contributed by atoms with Gasteiger partial charge >= 0.3 is 0 Å². The number of hydrogen-bond donors (Lipinski definition) is 0. The molecule has 0 atom stereocenters. The first-order chi connectivity index (χ1) is 7.24. The zero-order valence-electron chi connectivity index (χ0n) is 8.61. The maximum atomic E-state index is 9.01. The largest absolute Gasteiger partial charge is 0.497 e. The molecular weight excluding hydrogens is 188 g/mol. The molecule has 2 aromatic rings. The molecule has 0 bridgehead atoms. The van der Waals surface area contributed by atoms with Crippen LogP contribution in [-0.4, -0.2) is 12.1 Å². The molecule has 0 N–H and O–H groups in total. The van der Waals surface area contributed by atoms with Gasteiger partial charge in [-0.2, -0.15) is 5.26 Å². The van der Waals surface area contributed by atoms with Crippen LogP contribution in [0.15, 0.2) is 24.3 Å². The Bertz CT molecular complexity index is 555. The van der Waals surface area contributed by atoms with E-state index >= 15 is 0 Å². The third-order valence-corrected chi connectivity index (χ3v) is 2.26. The van der Waals surface area contributed by atoms with Crippen molar-refractivity contribution in [3.63, 3.8) is 0 Å². The lowest BCUT2D eigenvalue weighted by atomic mass is 10.1. The van der Waals surface area contributed by atoms with Crippen molar-refractivity contribution in [3.05, 3.63) is 35.5 Å². The Morgan fingerprint density at radius 3 is 2.80 bits per heavy atom. The number of hydrogen-bond acceptors (Lipinski definition) is 3. The van der Waals surface area contributed by atoms with Crippen molar-refractivity contribution < 1.29 is 4.74 Å². The Hall–Kier alpha value is -2.08. The SMILES string of the molecule is COc1ccc2nc(C)cc(C#N)c2c1. The fraction of sp³-hybridized carbons (Fsp3) is 0.167. The molecule has 1 heterocycles. The van der Waals surface area contributed by atoms with Crippen LogP contribution in [-0.2, 0) is 0 Å². The minimum Gasteiger partial charge on any atom is -0.497 e. The minimum atomic E-state index is 0.636. The first kappa shape index (κ1) is 9.47. The Labute approximate surface area is 87.9 Å². The number of fused-ring (bicyclic) bond motifs is 1. The summed E-state index contributed by atoms with van der Waals surface area (Å²) >= 11 is 0. The molecule has 0 aliphatic heterocycles. The van der Waals surface area contributed by atoms with Crippen molar-refractivity contribution in [1.29, 1.82) is 5.26 Å². The van der Waals surface area contributed by atoms with Gasteiger partial charge in [0.25, 0.3) is 0 Å². The fourth-order valence-corrected chi connectivity index (χ4v) is 1.56. The van der Waals surface area contributed by atoms with Crippen LogP contribution in [0.25, 0.3) is 10.9 Å². The summed E-state index contributed by atoms with van der Waals surface area (Å²) in [7, 11) is 1.61. The highest BCUT2D eigenvalue weighted by atomic mass is 16.5. The zero-order chi connectivity index (χ0) is 10.8. The number of aryl methyl sites for hydroxylation is 1. The van der Waals surface area contributed by atoms with Gasteiger partial charge in [0.15, 0.2) is 0 Å². The quantitative estimate of drug-likeness (QED) is 0.706. The smallest absolute Gasteiger partial charge is 0.119 e. The molecule has 0 saturated heterocycles. The summed E-state index contributed by atoms with van der Waals surface area (Å²) in [6.45, 7) is 1.88. The summed E-state index contributed by atoms with van der Waals surface area (Å²) in [5.41, 5.74) is 2.31. The van der Waals surface area contributed by atoms with E-state index in [1.807, 2.05) is 25.1 Å². The van der Waals surface area contributed by atoms with Crippen LogP contribution in [0, 0.1) is 18.3 Å². The molecule has 74 valence electrons. The van der Waals surface area contributed by atoms with Crippen LogP contribution in [0.5, 0.6) is 5.75 Å². The predicted molar refractivity (Wildman–Crippen MR) is 57.7 cm³/mol. The molecule has 0 fully saturated rings. The van der Waals surface area contributed by atoms with Gasteiger partial charge in [0.05, 0.1) is 24.3 Å². The number of ether oxygens (including phenoxy) is 1. The molecule has 0 saturated carbocycles. The summed E-state index contributed by atoms with van der Waals surface area (Å²) in [5, 5.41) is 9.84. The summed E-state index contributed by atoms with van der Waals surface area (Å²) < 4.78 is 5.11. The monoisotopic (exact) mass is 198 g/mol. The standard InChI is InChI=1S/C12H10N2O/c1-8-5-9(7-13)11-6-10(15-2)3-4-12(11)14-8/h3-6H,1-2H3. The van der Waals surface area contributed by atoms with Gasteiger partial charge in [-0.15, -0.1) is 0 Å². The molecule has 0 amide bonds. The number of nitriles is 1. The van der Waals surface area contributed by atoms with E-state index in [4.69, 9.17) is 10.00 Å². The summed E-state index contributed by atoms with van der Waals surface area (Å²) in [5.74, 6) is 0.740. The molecule has 3 nitrogen and oxygen atoms in total. The number of methoxy groups -OCH3 is 1. The zero-order valence-corrected chi connectivity index (χ0v) is 8.61. The van der Waals surface area contributed by atoms with Gasteiger partial charge in [0.2, 0.25) is 0 Å². The average molecular weight is 198 g/mol. The highest BCUT2D eigenvalue weighted by molar-refractivity contribution is 5.86. The van der Waals surface area contributed by atoms with Crippen molar-refractivity contribution in [2.45, 2.75) is 6.92 Å². The average Bonchev–Trinajstić information content (AvgIpc) is 2.27. The Morgan fingerprint density at radius 2 is 2.13 bits per heavy atom. The molecule has 0 spiro atoms. The van der Waals surface area contributed by atoms with E-state index in [9.17, 15) is 0 Å². The van der Waals surface area contributed by atoms with Gasteiger partial charge < -0.3 is 4.74 Å². The van der Waals surface area contributed by atoms with E-state index in [1.165, 1.54) is 0 Å². The molecule has 15 heavy (non-hydrogen) atoms. The van der Waals surface area contributed by atoms with E-state index in [0.717, 1.165) is 22.3 Å². The third kappa shape index (κ3) is 1.62. The second-order valence-corrected chi connectivity index (χ2v) is 3.31. The molecule has 2 rings (SSSR count). The first-order valence-electron chi connectivity index (χ1n) is 4.60. The molecule has 0 unspecified atom stereocenters. The van der Waals surface area contributed by atoms with Crippen molar-refractivity contribution in [2.75, 3.05) is 7.11 Å². The first-order valence-corrected chi connectivity index (χ1v) is 4.60. The lowest BCUT2D eigenvalue weighted by Crippen LogP contribution is -1.89. The van der Waals surface area contributed by atoms with E-state index in [1.54, 1.807) is 13.2 Å². The molecular formula is C12H10N2O. The second-order valence-electron chi connectivity index (χ2n) is 3.31. The van der Waals surface area contributed by atoms with Gasteiger partial charge in [-0.25, -0.2) is 0 Å². The second kappa shape index (κ2) is 3.58. The van der Waals surface area contributed by atoms with Crippen molar-refractivity contribution in [2.24, 2.45) is 0 Å². The van der Waals surface area contributed by atoms with Gasteiger partial charge in [0, 0.05) is 11.1 Å². The van der Waals surface area contributed by atoms with Gasteiger partial charge in [-0.1, -0.05) is 0 Å². The predicted octanol–water partition coefficient (Wildman–Crippen LogP) is 2.42. The maximum absolute atomic E-state index is 9.01. The van der Waals surface area contributed by atoms with Crippen molar-refractivity contribution in [1.82, 2.24) is 4.98 Å². The fourth-order valence-electron chi connectivity index (χ4n) is 1.56. The van der Waals surface area contributed by atoms with Gasteiger partial charge in [-0.3, -0.25) is 4.98 Å². The van der Waals surface area contributed by atoms with E-state index in [-0.39, 0.29) is 0 Å². The van der Waals surface area contributed by atoms with Crippen LogP contribution in [0.3, 0.4) is 0 Å². The van der Waals surface area contributed by atoms with Gasteiger partial charge in [0.1, 0.15) is 5.75 Å². The molecule has 0 aliphatic carbocycles. The highest BCUT2D eigenvalue weighted by Gasteiger charge is 2.04. The Morgan fingerprint density at radius 1 is 1.33 bits per heavy atom. The van der Waals surface area contributed by atoms with E-state index in [2.05, 4.69) is 11.1 Å². The number of pyridine rings is 1. The molecule has 3 heteroatoms. The summed E-state index contributed by atoms with van der Waals surface area (Å²) in [6, 6.07) is 9.49. The van der Waals surface area contributed by atoms with Crippen LogP contribution >= 0.6 is 0 Å². The molecule has 1 aromatic heterocycles. The molecule has 0 radical (unpaired) electrons. The van der Waals surface area contributed by atoms with Crippen molar-refractivity contribution >= 4 is 10.9 Å². The van der Waals surface area contributed by atoms with Crippen LogP contribution < -0.4 is 4.74 Å². The van der Waals surface area contributed by atoms with E-state index in [0.29, 0.717) is 5.56 Å².